The third kappa shape index (κ3) is 20.6. The highest BCUT2D eigenvalue weighted by Gasteiger charge is 2.12. The van der Waals surface area contributed by atoms with Gasteiger partial charge in [-0.2, -0.15) is 0 Å². The first-order chi connectivity index (χ1) is 13.5. The van der Waals surface area contributed by atoms with Crippen LogP contribution in [0.1, 0.15) is 149 Å². The van der Waals surface area contributed by atoms with E-state index in [4.69, 9.17) is 0 Å². The maximum Gasteiger partial charge on any atom is 0.0854 e. The Bertz CT molecular complexity index is 297. The highest BCUT2D eigenvalue weighted by Crippen LogP contribution is 2.16. The van der Waals surface area contributed by atoms with Crippen molar-refractivity contribution in [2.75, 3.05) is 14.1 Å². The third-order valence-corrected chi connectivity index (χ3v) is 6.54. The second kappa shape index (κ2) is 20.2. The van der Waals surface area contributed by atoms with Crippen LogP contribution in [0, 0.1) is 5.21 Å². The van der Waals surface area contributed by atoms with E-state index < -0.39 is 0 Å². The van der Waals surface area contributed by atoms with E-state index in [1.807, 2.05) is 0 Å². The van der Waals surface area contributed by atoms with Gasteiger partial charge >= 0.3 is 0 Å². The number of hydroxylamine groups is 3. The van der Waals surface area contributed by atoms with Crippen molar-refractivity contribution in [3.63, 3.8) is 0 Å². The molecule has 0 aromatic heterocycles. The zero-order chi connectivity index (χ0) is 20.9. The van der Waals surface area contributed by atoms with Crippen LogP contribution in [-0.2, 0) is 0 Å². The molecule has 28 heavy (non-hydrogen) atoms. The predicted octanol–water partition coefficient (Wildman–Crippen LogP) is 9.16. The fraction of sp³-hybridized carbons (Fsp3) is 1.00. The Morgan fingerprint density at radius 3 is 1.00 bits per heavy atom. The van der Waals surface area contributed by atoms with Crippen LogP contribution in [0.25, 0.3) is 0 Å². The van der Waals surface area contributed by atoms with Gasteiger partial charge in [0.25, 0.3) is 0 Å². The highest BCUT2D eigenvalue weighted by atomic mass is 16.5. The van der Waals surface area contributed by atoms with Crippen molar-refractivity contribution < 1.29 is 4.65 Å². The van der Waals surface area contributed by atoms with Crippen LogP contribution in [0.3, 0.4) is 0 Å². The normalized spacial score (nSPS) is 13.2. The van der Waals surface area contributed by atoms with Gasteiger partial charge in [0.05, 0.1) is 20.1 Å². The van der Waals surface area contributed by atoms with E-state index in [-0.39, 0.29) is 10.7 Å². The minimum Gasteiger partial charge on any atom is -0.633 e. The second-order valence-electron chi connectivity index (χ2n) is 9.79. The molecular formula is C26H55NO. The Morgan fingerprint density at radius 2 is 0.750 bits per heavy atom. The Labute approximate surface area is 179 Å². The molecule has 0 saturated heterocycles. The number of hydrogen-bond donors (Lipinski definition) is 0. The summed E-state index contributed by atoms with van der Waals surface area (Å²) in [6.07, 6.45) is 29.5. The minimum absolute atomic E-state index is 0.140. The zero-order valence-electron chi connectivity index (χ0n) is 20.3. The summed E-state index contributed by atoms with van der Waals surface area (Å²) in [6, 6.07) is 0.246. The lowest BCUT2D eigenvalue weighted by atomic mass is 10.0. The molecule has 0 aliphatic rings. The summed E-state index contributed by atoms with van der Waals surface area (Å²) in [5.74, 6) is 0. The predicted molar refractivity (Wildman–Crippen MR) is 128 cm³/mol. The largest absolute Gasteiger partial charge is 0.633 e. The highest BCUT2D eigenvalue weighted by molar-refractivity contribution is 4.54. The van der Waals surface area contributed by atoms with Crippen molar-refractivity contribution in [3.05, 3.63) is 5.21 Å². The monoisotopic (exact) mass is 397 g/mol. The molecule has 0 aromatic rings. The number of nitrogens with zero attached hydrogens (tertiary/aromatic N) is 1. The molecule has 1 atom stereocenters. The van der Waals surface area contributed by atoms with Crippen molar-refractivity contribution in [1.29, 1.82) is 0 Å². The van der Waals surface area contributed by atoms with Crippen LogP contribution in [0.4, 0.5) is 0 Å². The van der Waals surface area contributed by atoms with Gasteiger partial charge in [0, 0.05) is 0 Å². The molecule has 0 aromatic carbocycles. The lowest BCUT2D eigenvalue weighted by Crippen LogP contribution is -2.41. The Hall–Kier alpha value is -0.0800. The number of hydrogen-bond acceptors (Lipinski definition) is 1. The van der Waals surface area contributed by atoms with Crippen molar-refractivity contribution in [2.45, 2.75) is 155 Å². The van der Waals surface area contributed by atoms with E-state index in [1.165, 1.54) is 128 Å². The number of unbranched alkanes of at least 4 members (excludes halogenated alkanes) is 19. The van der Waals surface area contributed by atoms with Crippen LogP contribution in [0.2, 0.25) is 0 Å². The van der Waals surface area contributed by atoms with Gasteiger partial charge in [-0.15, -0.1) is 0 Å². The third-order valence-electron chi connectivity index (χ3n) is 6.54. The van der Waals surface area contributed by atoms with E-state index in [0.29, 0.717) is 0 Å². The molecule has 0 aliphatic carbocycles. The lowest BCUT2D eigenvalue weighted by Gasteiger charge is -2.40. The summed E-state index contributed by atoms with van der Waals surface area (Å²) in [5.41, 5.74) is 0. The lowest BCUT2D eigenvalue weighted by molar-refractivity contribution is -0.864. The van der Waals surface area contributed by atoms with Crippen molar-refractivity contribution in [3.8, 4) is 0 Å². The van der Waals surface area contributed by atoms with Crippen molar-refractivity contribution in [1.82, 2.24) is 0 Å². The van der Waals surface area contributed by atoms with Crippen molar-refractivity contribution in [2.24, 2.45) is 0 Å². The summed E-state index contributed by atoms with van der Waals surface area (Å²) < 4.78 is -0.140. The van der Waals surface area contributed by atoms with Gasteiger partial charge in [0.1, 0.15) is 0 Å². The van der Waals surface area contributed by atoms with Crippen LogP contribution < -0.4 is 0 Å². The van der Waals surface area contributed by atoms with Crippen molar-refractivity contribution >= 4 is 0 Å². The molecule has 0 aliphatic heterocycles. The summed E-state index contributed by atoms with van der Waals surface area (Å²) in [4.78, 5) is 0. The second-order valence-corrected chi connectivity index (χ2v) is 9.79. The van der Waals surface area contributed by atoms with Gasteiger partial charge in [0.2, 0.25) is 0 Å². The molecular weight excluding hydrogens is 342 g/mol. The molecule has 0 N–H and O–H groups in total. The first-order valence-corrected chi connectivity index (χ1v) is 13.0. The van der Waals surface area contributed by atoms with Gasteiger partial charge in [-0.05, 0) is 19.8 Å². The van der Waals surface area contributed by atoms with Gasteiger partial charge in [-0.3, -0.25) is 0 Å². The fourth-order valence-corrected chi connectivity index (χ4v) is 4.01. The van der Waals surface area contributed by atoms with E-state index in [0.717, 1.165) is 6.42 Å². The van der Waals surface area contributed by atoms with Gasteiger partial charge in [-0.1, -0.05) is 129 Å². The maximum atomic E-state index is 11.8. The fourth-order valence-electron chi connectivity index (χ4n) is 4.01. The van der Waals surface area contributed by atoms with Crippen LogP contribution >= 0.6 is 0 Å². The Balaban J connectivity index is 3.09. The molecule has 0 heterocycles. The molecule has 0 rings (SSSR count). The van der Waals surface area contributed by atoms with E-state index in [2.05, 4.69) is 13.8 Å². The molecule has 2 nitrogen and oxygen atoms in total. The average molecular weight is 398 g/mol. The van der Waals surface area contributed by atoms with Crippen LogP contribution in [-0.4, -0.2) is 24.8 Å². The molecule has 1 unspecified atom stereocenters. The summed E-state index contributed by atoms with van der Waals surface area (Å²) in [7, 11) is 3.53. The summed E-state index contributed by atoms with van der Waals surface area (Å²) >= 11 is 0. The van der Waals surface area contributed by atoms with Gasteiger partial charge < -0.3 is 9.85 Å². The average Bonchev–Trinajstić information content (AvgIpc) is 2.65. The molecule has 0 saturated carbocycles. The standard InChI is InChI=1S/C26H55NO/c1-5-6-7-8-9-10-11-12-13-14-15-16-17-18-19-20-21-22-23-24-25-26(2)27(3,4)28/h26H,5-25H2,1-4H3. The molecule has 0 fully saturated rings. The topological polar surface area (TPSA) is 23.1 Å². The molecule has 0 spiro atoms. The molecule has 170 valence electrons. The van der Waals surface area contributed by atoms with E-state index in [1.54, 1.807) is 14.1 Å². The van der Waals surface area contributed by atoms with E-state index in [9.17, 15) is 5.21 Å². The number of quaternary nitrogens is 1. The number of rotatable bonds is 22. The quantitative estimate of drug-likeness (QED) is 0.101. The molecule has 2 heteroatoms. The van der Waals surface area contributed by atoms with Gasteiger partial charge in [-0.25, -0.2) is 0 Å². The maximum absolute atomic E-state index is 11.8. The zero-order valence-corrected chi connectivity index (χ0v) is 20.3. The Morgan fingerprint density at radius 1 is 0.500 bits per heavy atom. The first-order valence-electron chi connectivity index (χ1n) is 13.0. The van der Waals surface area contributed by atoms with Crippen LogP contribution in [0.5, 0.6) is 0 Å². The summed E-state index contributed by atoms with van der Waals surface area (Å²) in [5, 5.41) is 11.8. The first kappa shape index (κ1) is 27.9. The van der Waals surface area contributed by atoms with E-state index >= 15 is 0 Å². The smallest absolute Gasteiger partial charge is 0.0854 e. The molecule has 0 amide bonds. The summed E-state index contributed by atoms with van der Waals surface area (Å²) in [6.45, 7) is 4.38. The molecule has 0 bridgehead atoms. The Kier molecular flexibility index (Phi) is 20.1. The SMILES string of the molecule is CCCCCCCCCCCCCCCCCCCCCCC(C)[N+](C)(C)[O-]. The minimum atomic E-state index is -0.140. The van der Waals surface area contributed by atoms with Crippen LogP contribution in [0.15, 0.2) is 0 Å². The molecule has 0 radical (unpaired) electrons. The van der Waals surface area contributed by atoms with Gasteiger partial charge in [0.15, 0.2) is 0 Å².